The van der Waals surface area contributed by atoms with Crippen LogP contribution >= 0.6 is 0 Å². The maximum absolute atomic E-state index is 15.2. The van der Waals surface area contributed by atoms with Gasteiger partial charge in [0.2, 0.25) is 17.4 Å². The standard InChI is InChI=1S/C44H51F3N6O11S/c1-25-18-35(61-37-28(46)14-12-15-29(37)47)48-23-33(25)53-38(52(40(56)63-43(5,6)7)41(57)64-44(8,9)10)27(22-50-53)36(54)32-19-26-20-34(60-11)30(49-24-65(58,59)17-13-16-45)21-31(26)51(32)39(55)62-42(2,3)4/h12,14-15,18-23,49H,13,16-17,24H2,1-11H3. The highest BCUT2D eigenvalue weighted by Crippen LogP contribution is 2.37. The summed E-state index contributed by atoms with van der Waals surface area (Å²) in [6.45, 7) is 14.8. The molecular weight excluding hydrogens is 878 g/mol. The SMILES string of the molecule is COc1cc2cc(C(=O)c3cnn(-c4cnc(Oc5c(F)cccc5F)cc4C)c3N(C(=O)OC(C)(C)C)C(=O)OC(C)(C)C)n(C(=O)OC(C)(C)C)c2cc1NCS(=O)(=O)CCCF. The number of carbonyl (C=O) groups excluding carboxylic acids is 4. The lowest BCUT2D eigenvalue weighted by atomic mass is 10.1. The van der Waals surface area contributed by atoms with E-state index in [4.69, 9.17) is 23.7 Å². The quantitative estimate of drug-likeness (QED) is 0.0865. The van der Waals surface area contributed by atoms with Crippen LogP contribution in [0, 0.1) is 18.6 Å². The lowest BCUT2D eigenvalue weighted by Gasteiger charge is -2.29. The van der Waals surface area contributed by atoms with E-state index in [0.29, 0.717) is 4.90 Å². The molecule has 17 nitrogen and oxygen atoms in total. The highest BCUT2D eigenvalue weighted by Gasteiger charge is 2.40. The monoisotopic (exact) mass is 928 g/mol. The third kappa shape index (κ3) is 11.9. The van der Waals surface area contributed by atoms with Gasteiger partial charge in [0.25, 0.3) is 0 Å². The Hall–Kier alpha value is -6.64. The van der Waals surface area contributed by atoms with E-state index in [9.17, 15) is 36.0 Å². The van der Waals surface area contributed by atoms with E-state index in [1.165, 1.54) is 38.3 Å². The molecule has 0 radical (unpaired) electrons. The predicted octanol–water partition coefficient (Wildman–Crippen LogP) is 9.44. The molecule has 1 N–H and O–H groups in total. The number of nitrogens with zero attached hydrogens (tertiary/aromatic N) is 5. The summed E-state index contributed by atoms with van der Waals surface area (Å²) in [5.74, 6) is -5.43. The number of nitrogens with one attached hydrogen (secondary N) is 1. The number of alkyl halides is 1. The molecule has 0 fully saturated rings. The minimum atomic E-state index is -3.80. The molecule has 5 rings (SSSR count). The number of fused-ring (bicyclic) bond motifs is 1. The highest BCUT2D eigenvalue weighted by molar-refractivity contribution is 7.91. The van der Waals surface area contributed by atoms with Gasteiger partial charge in [-0.05, 0) is 112 Å². The number of benzene rings is 2. The van der Waals surface area contributed by atoms with Crippen LogP contribution in [0.2, 0.25) is 0 Å². The third-order valence-electron chi connectivity index (χ3n) is 8.77. The van der Waals surface area contributed by atoms with Gasteiger partial charge < -0.3 is 29.0 Å². The molecule has 0 bridgehead atoms. The summed E-state index contributed by atoms with van der Waals surface area (Å²) in [5.41, 5.74) is -3.92. The lowest BCUT2D eigenvalue weighted by molar-refractivity contribution is 0.0425. The van der Waals surface area contributed by atoms with Gasteiger partial charge in [0.05, 0.1) is 54.4 Å². The smallest absolute Gasteiger partial charge is 0.425 e. The normalized spacial score (nSPS) is 12.2. The Labute approximate surface area is 373 Å². The molecule has 5 aromatic rings. The van der Waals surface area contributed by atoms with E-state index in [-0.39, 0.29) is 51.6 Å². The maximum Gasteiger partial charge on any atom is 0.425 e. The number of hydrogen-bond acceptors (Lipinski definition) is 14. The topological polar surface area (TPSA) is 199 Å². The molecule has 21 heteroatoms. The number of halogens is 3. The Balaban J connectivity index is 1.78. The second kappa shape index (κ2) is 18.8. The van der Waals surface area contributed by atoms with Crippen LogP contribution in [-0.2, 0) is 24.0 Å². The molecular formula is C44H51F3N6O11S. The average molecular weight is 929 g/mol. The zero-order valence-corrected chi connectivity index (χ0v) is 38.6. The van der Waals surface area contributed by atoms with Crippen molar-refractivity contribution in [1.29, 1.82) is 0 Å². The summed E-state index contributed by atoms with van der Waals surface area (Å²) < 4.78 is 97.2. The summed E-state index contributed by atoms with van der Waals surface area (Å²) in [5, 5.41) is 7.41. The zero-order valence-electron chi connectivity index (χ0n) is 37.8. The van der Waals surface area contributed by atoms with Gasteiger partial charge >= 0.3 is 18.3 Å². The van der Waals surface area contributed by atoms with Crippen LogP contribution in [0.5, 0.6) is 17.4 Å². The Kier molecular flexibility index (Phi) is 14.3. The van der Waals surface area contributed by atoms with E-state index in [1.807, 2.05) is 0 Å². The molecule has 2 amide bonds. The van der Waals surface area contributed by atoms with Crippen molar-refractivity contribution in [2.75, 3.05) is 35.6 Å². The highest BCUT2D eigenvalue weighted by atomic mass is 32.2. The van der Waals surface area contributed by atoms with Crippen LogP contribution in [-0.4, -0.2) is 94.0 Å². The van der Waals surface area contributed by atoms with Gasteiger partial charge in [-0.1, -0.05) is 6.07 Å². The van der Waals surface area contributed by atoms with Crippen molar-refractivity contribution in [3.8, 4) is 23.1 Å². The fraction of sp³-hybridized carbons (Fsp3) is 0.409. The number of anilines is 2. The Morgan fingerprint density at radius 3 is 1.98 bits per heavy atom. The average Bonchev–Trinajstić information content (AvgIpc) is 3.77. The first-order chi connectivity index (χ1) is 30.1. The Bertz CT molecular complexity index is 2700. The van der Waals surface area contributed by atoms with Gasteiger partial charge in [-0.3, -0.25) is 9.18 Å². The second-order valence-corrected chi connectivity index (χ2v) is 19.8. The minimum Gasteiger partial charge on any atom is -0.495 e. The third-order valence-corrected chi connectivity index (χ3v) is 10.3. The summed E-state index contributed by atoms with van der Waals surface area (Å²) in [7, 11) is -2.48. The molecule has 65 heavy (non-hydrogen) atoms. The minimum absolute atomic E-state index is 0.0344. The van der Waals surface area contributed by atoms with Gasteiger partial charge in [0.15, 0.2) is 27.3 Å². The van der Waals surface area contributed by atoms with Crippen molar-refractivity contribution in [2.45, 2.75) is 92.5 Å². The van der Waals surface area contributed by atoms with E-state index in [2.05, 4.69) is 15.4 Å². The summed E-state index contributed by atoms with van der Waals surface area (Å²) in [6, 6.07) is 8.57. The number of methoxy groups -OCH3 is 1. The van der Waals surface area contributed by atoms with Crippen molar-refractivity contribution in [3.63, 3.8) is 0 Å². The number of amides is 2. The van der Waals surface area contributed by atoms with Gasteiger partial charge in [0.1, 0.15) is 34.1 Å². The zero-order chi connectivity index (χ0) is 48.4. The van der Waals surface area contributed by atoms with Crippen LogP contribution in [0.1, 0.15) is 90.3 Å². The molecule has 0 unspecified atom stereocenters. The van der Waals surface area contributed by atoms with E-state index < -0.39 is 97.8 Å². The van der Waals surface area contributed by atoms with Crippen LogP contribution in [0.3, 0.4) is 0 Å². The number of imide groups is 1. The largest absolute Gasteiger partial charge is 0.495 e. The number of pyridine rings is 1. The van der Waals surface area contributed by atoms with E-state index in [0.717, 1.165) is 39.8 Å². The Morgan fingerprint density at radius 2 is 1.45 bits per heavy atom. The van der Waals surface area contributed by atoms with Crippen molar-refractivity contribution >= 4 is 56.3 Å². The van der Waals surface area contributed by atoms with Crippen LogP contribution in [0.15, 0.2) is 54.9 Å². The fourth-order valence-corrected chi connectivity index (χ4v) is 7.20. The first-order valence-electron chi connectivity index (χ1n) is 20.1. The molecule has 0 atom stereocenters. The molecule has 0 aliphatic carbocycles. The number of aromatic nitrogens is 4. The predicted molar refractivity (Wildman–Crippen MR) is 234 cm³/mol. The molecule has 3 heterocycles. The molecule has 0 saturated carbocycles. The van der Waals surface area contributed by atoms with Crippen molar-refractivity contribution in [3.05, 3.63) is 83.3 Å². The van der Waals surface area contributed by atoms with Crippen LogP contribution in [0.4, 0.5) is 39.1 Å². The number of carbonyl (C=O) groups is 4. The number of hydrogen-bond donors (Lipinski definition) is 1. The van der Waals surface area contributed by atoms with Gasteiger partial charge in [-0.15, -0.1) is 0 Å². The first kappa shape index (κ1) is 49.4. The number of ether oxygens (including phenoxy) is 5. The lowest BCUT2D eigenvalue weighted by Crippen LogP contribution is -2.45. The second-order valence-electron chi connectivity index (χ2n) is 17.6. The number of aryl methyl sites for hydroxylation is 1. The number of sulfone groups is 1. The van der Waals surface area contributed by atoms with Crippen LogP contribution in [0.25, 0.3) is 16.6 Å². The van der Waals surface area contributed by atoms with Crippen molar-refractivity contribution in [2.24, 2.45) is 0 Å². The molecule has 2 aromatic carbocycles. The molecule has 3 aromatic heterocycles. The Morgan fingerprint density at radius 1 is 0.846 bits per heavy atom. The van der Waals surface area contributed by atoms with Crippen molar-refractivity contribution in [1.82, 2.24) is 19.3 Å². The van der Waals surface area contributed by atoms with Crippen molar-refractivity contribution < 1.29 is 64.5 Å². The van der Waals surface area contributed by atoms with Gasteiger partial charge in [-0.25, -0.2) is 45.8 Å². The molecule has 0 spiro atoms. The van der Waals surface area contributed by atoms with E-state index >= 15 is 4.79 Å². The summed E-state index contributed by atoms with van der Waals surface area (Å²) >= 11 is 0. The fourth-order valence-electron chi connectivity index (χ4n) is 6.13. The van der Waals surface area contributed by atoms with Gasteiger partial charge in [0, 0.05) is 11.5 Å². The maximum atomic E-state index is 15.2. The number of ketones is 1. The number of para-hydroxylation sites is 1. The molecule has 0 aliphatic heterocycles. The summed E-state index contributed by atoms with van der Waals surface area (Å²) in [6.07, 6.45) is -1.65. The van der Waals surface area contributed by atoms with Crippen LogP contribution < -0.4 is 19.7 Å². The van der Waals surface area contributed by atoms with Gasteiger partial charge in [-0.2, -0.15) is 10.00 Å². The number of rotatable bonds is 13. The summed E-state index contributed by atoms with van der Waals surface area (Å²) in [4.78, 5) is 62.5. The molecule has 350 valence electrons. The molecule has 0 saturated heterocycles. The van der Waals surface area contributed by atoms with E-state index in [1.54, 1.807) is 62.3 Å². The first-order valence-corrected chi connectivity index (χ1v) is 21.9. The molecule has 0 aliphatic rings.